The Morgan fingerprint density at radius 2 is 1.83 bits per heavy atom. The number of Topliss-reactive ketones (excluding diaryl/α,β-unsaturated/α-hetero) is 1. The molecule has 0 aliphatic heterocycles. The fourth-order valence-electron chi connectivity index (χ4n) is 7.47. The Labute approximate surface area is 182 Å². The van der Waals surface area contributed by atoms with Crippen LogP contribution in [-0.2, 0) is 14.3 Å². The minimum atomic E-state index is -0.467. The number of carbonyl (C=O) groups excluding carboxylic acids is 2. The molecule has 4 rings (SSSR count). The van der Waals surface area contributed by atoms with Crippen LogP contribution in [0.4, 0.5) is 0 Å². The molecule has 0 radical (unpaired) electrons. The topological polar surface area (TPSA) is 43.4 Å². The number of esters is 1. The zero-order valence-corrected chi connectivity index (χ0v) is 19.6. The van der Waals surface area contributed by atoms with Crippen LogP contribution in [0, 0.1) is 39.9 Å². The van der Waals surface area contributed by atoms with Crippen molar-refractivity contribution in [3.05, 3.63) is 24.3 Å². The van der Waals surface area contributed by atoms with Crippen LogP contribution in [0.25, 0.3) is 0 Å². The Morgan fingerprint density at radius 3 is 2.50 bits per heavy atom. The smallest absolute Gasteiger partial charge is 0.311 e. The van der Waals surface area contributed by atoms with Gasteiger partial charge in [0.15, 0.2) is 0 Å². The number of hydrogen-bond acceptors (Lipinski definition) is 3. The molecule has 0 aromatic rings. The molecule has 0 aromatic heterocycles. The van der Waals surface area contributed by atoms with E-state index in [4.69, 9.17) is 4.74 Å². The van der Waals surface area contributed by atoms with Crippen molar-refractivity contribution in [3.8, 4) is 0 Å². The van der Waals surface area contributed by atoms with Crippen molar-refractivity contribution in [2.75, 3.05) is 0 Å². The Bertz CT molecular complexity index is 771. The van der Waals surface area contributed by atoms with Crippen molar-refractivity contribution in [2.45, 2.75) is 92.1 Å². The molecule has 0 heterocycles. The maximum absolute atomic E-state index is 12.8. The number of fused-ring (bicyclic) bond motifs is 5. The van der Waals surface area contributed by atoms with Gasteiger partial charge < -0.3 is 4.74 Å². The molecule has 3 heteroatoms. The van der Waals surface area contributed by atoms with Crippen LogP contribution in [0.5, 0.6) is 0 Å². The van der Waals surface area contributed by atoms with Gasteiger partial charge in [-0.2, -0.15) is 0 Å². The summed E-state index contributed by atoms with van der Waals surface area (Å²) >= 11 is 0. The molecule has 4 aliphatic carbocycles. The maximum Gasteiger partial charge on any atom is 0.311 e. The fraction of sp³-hybridized carbons (Fsp3) is 0.778. The van der Waals surface area contributed by atoms with E-state index in [0.717, 1.165) is 51.4 Å². The van der Waals surface area contributed by atoms with Crippen LogP contribution in [0.3, 0.4) is 0 Å². The van der Waals surface area contributed by atoms with Crippen molar-refractivity contribution < 1.29 is 14.3 Å². The number of carbonyl (C=O) groups is 2. The second-order valence-corrected chi connectivity index (χ2v) is 12.0. The van der Waals surface area contributed by atoms with Crippen LogP contribution in [0.1, 0.15) is 86.0 Å². The largest absolute Gasteiger partial charge is 0.458 e. The number of ether oxygens (including phenoxy) is 1. The van der Waals surface area contributed by atoms with Gasteiger partial charge >= 0.3 is 5.97 Å². The lowest BCUT2D eigenvalue weighted by molar-refractivity contribution is -0.157. The molecule has 0 saturated heterocycles. The highest BCUT2D eigenvalue weighted by Crippen LogP contribution is 2.66. The summed E-state index contributed by atoms with van der Waals surface area (Å²) in [7, 11) is 0. The second-order valence-electron chi connectivity index (χ2n) is 12.0. The van der Waals surface area contributed by atoms with Crippen molar-refractivity contribution >= 4 is 11.8 Å². The van der Waals surface area contributed by atoms with Crippen LogP contribution < -0.4 is 0 Å². The van der Waals surface area contributed by atoms with Gasteiger partial charge in [-0.05, 0) is 101 Å². The second kappa shape index (κ2) is 7.35. The van der Waals surface area contributed by atoms with Crippen LogP contribution in [0.15, 0.2) is 24.3 Å². The van der Waals surface area contributed by atoms with E-state index in [1.165, 1.54) is 5.57 Å². The lowest BCUT2D eigenvalue weighted by Crippen LogP contribution is -2.54. The van der Waals surface area contributed by atoms with Crippen molar-refractivity contribution in [2.24, 2.45) is 39.9 Å². The molecule has 3 nitrogen and oxygen atoms in total. The first-order valence-electron chi connectivity index (χ1n) is 12.1. The van der Waals surface area contributed by atoms with Gasteiger partial charge in [-0.15, -0.1) is 6.58 Å². The maximum atomic E-state index is 12.8. The van der Waals surface area contributed by atoms with E-state index in [-0.39, 0.29) is 22.9 Å². The minimum absolute atomic E-state index is 0.0948. The standard InChI is InChI=1S/C27H40O3/c1-7-8-17-15-18-16-19(30-24(29)25(2,3)4)11-13-26(18,5)21-12-14-27(6)20(23(17)21)9-10-22(27)28/h7,16-17,19-21,23H,1,8-15H2,2-6H3/t17?,19-,20?,21?,23?,26-,27-/m0/s1. The van der Waals surface area contributed by atoms with Crippen molar-refractivity contribution in [1.82, 2.24) is 0 Å². The molecule has 0 aromatic carbocycles. The van der Waals surface area contributed by atoms with Gasteiger partial charge in [-0.25, -0.2) is 0 Å². The van der Waals surface area contributed by atoms with E-state index < -0.39 is 5.41 Å². The summed E-state index contributed by atoms with van der Waals surface area (Å²) in [5.74, 6) is 2.73. The molecule has 30 heavy (non-hydrogen) atoms. The number of hydrogen-bond donors (Lipinski definition) is 0. The SMILES string of the molecule is C=CCC1CC2=C[C@@H](OC(=O)C(C)(C)C)CC[C@]2(C)C2CC[C@]3(C)C(=O)CCC3C12. The third-order valence-electron chi connectivity index (χ3n) is 9.30. The Balaban J connectivity index is 1.64. The monoisotopic (exact) mass is 412 g/mol. The highest BCUT2D eigenvalue weighted by Gasteiger charge is 2.61. The Morgan fingerprint density at radius 1 is 1.17 bits per heavy atom. The van der Waals surface area contributed by atoms with Crippen molar-refractivity contribution in [1.29, 1.82) is 0 Å². The Hall–Kier alpha value is -1.38. The zero-order valence-electron chi connectivity index (χ0n) is 19.6. The van der Waals surface area contributed by atoms with E-state index in [0.29, 0.717) is 29.5 Å². The third kappa shape index (κ3) is 3.31. The number of allylic oxidation sites excluding steroid dienone is 2. The van der Waals surface area contributed by atoms with Gasteiger partial charge in [0.1, 0.15) is 11.9 Å². The molecule has 3 saturated carbocycles. The molecule has 3 fully saturated rings. The first-order chi connectivity index (χ1) is 14.0. The number of rotatable bonds is 3. The minimum Gasteiger partial charge on any atom is -0.458 e. The normalized spacial score (nSPS) is 43.2. The third-order valence-corrected chi connectivity index (χ3v) is 9.30. The van der Waals surface area contributed by atoms with E-state index in [9.17, 15) is 9.59 Å². The molecular weight excluding hydrogens is 372 g/mol. The van der Waals surface area contributed by atoms with Crippen LogP contribution in [-0.4, -0.2) is 17.9 Å². The molecule has 4 aliphatic rings. The van der Waals surface area contributed by atoms with Crippen LogP contribution in [0.2, 0.25) is 0 Å². The summed E-state index contributed by atoms with van der Waals surface area (Å²) in [6.07, 6.45) is 12.4. The summed E-state index contributed by atoms with van der Waals surface area (Å²) in [6, 6.07) is 0. The highest BCUT2D eigenvalue weighted by molar-refractivity contribution is 5.87. The highest BCUT2D eigenvalue weighted by atomic mass is 16.5. The summed E-state index contributed by atoms with van der Waals surface area (Å²) < 4.78 is 5.90. The van der Waals surface area contributed by atoms with Gasteiger partial charge in [0.25, 0.3) is 0 Å². The average Bonchev–Trinajstić information content (AvgIpc) is 2.97. The van der Waals surface area contributed by atoms with Crippen molar-refractivity contribution in [3.63, 3.8) is 0 Å². The summed E-state index contributed by atoms with van der Waals surface area (Å²) in [6.45, 7) is 14.5. The predicted octanol–water partition coefficient (Wildman–Crippen LogP) is 6.28. The molecule has 0 spiro atoms. The predicted molar refractivity (Wildman–Crippen MR) is 120 cm³/mol. The van der Waals surface area contributed by atoms with E-state index in [1.807, 2.05) is 20.8 Å². The summed E-state index contributed by atoms with van der Waals surface area (Å²) in [5.41, 5.74) is 1.12. The molecule has 166 valence electrons. The van der Waals surface area contributed by atoms with E-state index in [2.05, 4.69) is 32.6 Å². The molecule has 7 atom stereocenters. The van der Waals surface area contributed by atoms with E-state index in [1.54, 1.807) is 0 Å². The summed E-state index contributed by atoms with van der Waals surface area (Å²) in [4.78, 5) is 25.2. The lowest BCUT2D eigenvalue weighted by Gasteiger charge is -2.60. The average molecular weight is 413 g/mol. The first kappa shape index (κ1) is 21.8. The zero-order chi connectivity index (χ0) is 21.9. The Kier molecular flexibility index (Phi) is 5.35. The molecule has 4 unspecified atom stereocenters. The van der Waals surface area contributed by atoms with Gasteiger partial charge in [-0.3, -0.25) is 9.59 Å². The number of ketones is 1. The van der Waals surface area contributed by atoms with Gasteiger partial charge in [-0.1, -0.05) is 25.5 Å². The van der Waals surface area contributed by atoms with Gasteiger partial charge in [0, 0.05) is 11.8 Å². The van der Waals surface area contributed by atoms with Gasteiger partial charge in [0.2, 0.25) is 0 Å². The van der Waals surface area contributed by atoms with Gasteiger partial charge in [0.05, 0.1) is 5.41 Å². The molecule has 0 amide bonds. The van der Waals surface area contributed by atoms with E-state index >= 15 is 0 Å². The fourth-order valence-corrected chi connectivity index (χ4v) is 7.47. The lowest BCUT2D eigenvalue weighted by atomic mass is 9.44. The molecule has 0 bridgehead atoms. The van der Waals surface area contributed by atoms with Crippen LogP contribution >= 0.6 is 0 Å². The molecular formula is C27H40O3. The summed E-state index contributed by atoms with van der Waals surface area (Å²) in [5, 5.41) is 0. The first-order valence-corrected chi connectivity index (χ1v) is 12.1. The quantitative estimate of drug-likeness (QED) is 0.405. The molecule has 0 N–H and O–H groups in total.